The molecule has 0 radical (unpaired) electrons. The maximum Gasteiger partial charge on any atom is 0.251 e. The van der Waals surface area contributed by atoms with E-state index in [4.69, 9.17) is 0 Å². The lowest BCUT2D eigenvalue weighted by atomic mass is 9.86. The number of benzene rings is 2. The van der Waals surface area contributed by atoms with Gasteiger partial charge in [-0.25, -0.2) is 4.39 Å². The van der Waals surface area contributed by atoms with E-state index >= 15 is 0 Å². The number of carbonyl (C=O) groups is 2. The molecule has 0 aliphatic heterocycles. The van der Waals surface area contributed by atoms with E-state index in [1.54, 1.807) is 0 Å². The van der Waals surface area contributed by atoms with Gasteiger partial charge in [0.1, 0.15) is 5.82 Å². The van der Waals surface area contributed by atoms with Gasteiger partial charge >= 0.3 is 0 Å². The Bertz CT molecular complexity index is 747. The van der Waals surface area contributed by atoms with E-state index in [0.29, 0.717) is 12.1 Å². The predicted molar refractivity (Wildman–Crippen MR) is 101 cm³/mol. The molecule has 0 atom stereocenters. The van der Waals surface area contributed by atoms with E-state index in [2.05, 4.69) is 55.7 Å². The van der Waals surface area contributed by atoms with Crippen LogP contribution in [0, 0.1) is 5.82 Å². The molecule has 0 fully saturated rings. The summed E-state index contributed by atoms with van der Waals surface area (Å²) in [4.78, 5) is 23.7. The van der Waals surface area contributed by atoms with Crippen LogP contribution in [0.3, 0.4) is 0 Å². The summed E-state index contributed by atoms with van der Waals surface area (Å²) in [7, 11) is 0. The molecule has 0 heterocycles. The number of halogens is 1. The molecular weight excluding hydrogens is 331 g/mol. The summed E-state index contributed by atoms with van der Waals surface area (Å²) in [6.07, 6.45) is 0.724. The van der Waals surface area contributed by atoms with Crippen molar-refractivity contribution >= 4 is 11.8 Å². The summed E-state index contributed by atoms with van der Waals surface area (Å²) in [6, 6.07) is 13.5. The van der Waals surface area contributed by atoms with Crippen LogP contribution in [0.2, 0.25) is 0 Å². The normalized spacial score (nSPS) is 11.1. The van der Waals surface area contributed by atoms with Gasteiger partial charge in [-0.15, -0.1) is 0 Å². The summed E-state index contributed by atoms with van der Waals surface area (Å²) < 4.78 is 12.8. The highest BCUT2D eigenvalue weighted by molar-refractivity contribution is 5.96. The molecule has 0 aromatic heterocycles. The Morgan fingerprint density at radius 3 is 2.12 bits per heavy atom. The van der Waals surface area contributed by atoms with E-state index < -0.39 is 11.7 Å². The van der Waals surface area contributed by atoms with Crippen molar-refractivity contribution in [2.75, 3.05) is 13.1 Å². The Labute approximate surface area is 153 Å². The third-order valence-corrected chi connectivity index (χ3v) is 4.07. The first-order valence-electron chi connectivity index (χ1n) is 8.65. The zero-order chi connectivity index (χ0) is 19.2. The second-order valence-electron chi connectivity index (χ2n) is 7.24. The molecule has 0 aliphatic rings. The minimum Gasteiger partial charge on any atom is -0.354 e. The minimum atomic E-state index is -0.408. The van der Waals surface area contributed by atoms with E-state index in [9.17, 15) is 14.0 Å². The number of carbonyl (C=O) groups excluding carboxylic acids is 2. The van der Waals surface area contributed by atoms with Crippen molar-refractivity contribution in [2.24, 2.45) is 0 Å². The third kappa shape index (κ3) is 5.99. The lowest BCUT2D eigenvalue weighted by molar-refractivity contribution is -0.120. The molecule has 2 aromatic carbocycles. The van der Waals surface area contributed by atoms with E-state index in [0.717, 1.165) is 12.0 Å². The van der Waals surface area contributed by atoms with E-state index in [-0.39, 0.29) is 17.9 Å². The zero-order valence-corrected chi connectivity index (χ0v) is 15.4. The number of nitrogens with one attached hydrogen (secondary N) is 2. The molecule has 0 unspecified atom stereocenters. The molecule has 2 N–H and O–H groups in total. The molecule has 5 heteroatoms. The quantitative estimate of drug-likeness (QED) is 0.835. The number of hydrogen-bond acceptors (Lipinski definition) is 2. The average Bonchev–Trinajstić information content (AvgIpc) is 2.60. The monoisotopic (exact) mass is 356 g/mol. The second kappa shape index (κ2) is 8.61. The van der Waals surface area contributed by atoms with Gasteiger partial charge in [-0.3, -0.25) is 9.59 Å². The highest BCUT2D eigenvalue weighted by atomic mass is 19.1. The van der Waals surface area contributed by atoms with Crippen LogP contribution in [0.1, 0.15) is 42.3 Å². The van der Waals surface area contributed by atoms with Crippen molar-refractivity contribution in [2.45, 2.75) is 32.6 Å². The topological polar surface area (TPSA) is 58.2 Å². The van der Waals surface area contributed by atoms with Crippen LogP contribution in [0.25, 0.3) is 0 Å². The molecule has 0 saturated heterocycles. The highest BCUT2D eigenvalue weighted by Crippen LogP contribution is 2.22. The van der Waals surface area contributed by atoms with Crippen LogP contribution in [0.5, 0.6) is 0 Å². The van der Waals surface area contributed by atoms with Gasteiger partial charge in [0.2, 0.25) is 5.91 Å². The van der Waals surface area contributed by atoms with Crippen molar-refractivity contribution in [1.29, 1.82) is 0 Å². The highest BCUT2D eigenvalue weighted by Gasteiger charge is 2.13. The van der Waals surface area contributed by atoms with E-state index in [1.165, 1.54) is 29.8 Å². The molecule has 0 spiro atoms. The van der Waals surface area contributed by atoms with Gasteiger partial charge in [0.25, 0.3) is 5.91 Å². The van der Waals surface area contributed by atoms with E-state index in [1.807, 2.05) is 0 Å². The number of amides is 2. The van der Waals surface area contributed by atoms with Crippen molar-refractivity contribution in [3.8, 4) is 0 Å². The van der Waals surface area contributed by atoms with Crippen LogP contribution in [-0.2, 0) is 16.6 Å². The van der Waals surface area contributed by atoms with Crippen molar-refractivity contribution in [3.63, 3.8) is 0 Å². The molecule has 26 heavy (non-hydrogen) atoms. The standard InChI is InChI=1S/C21H25FN2O2/c1-21(2,3)17-8-4-15(5-9-17)12-13-23-19(25)14-24-20(26)16-6-10-18(22)11-7-16/h4-11H,12-14H2,1-3H3,(H,23,25)(H,24,26). The van der Waals surface area contributed by atoms with Crippen molar-refractivity contribution in [1.82, 2.24) is 10.6 Å². The maximum atomic E-state index is 12.8. The summed E-state index contributed by atoms with van der Waals surface area (Å²) in [5.41, 5.74) is 2.86. The first-order valence-corrected chi connectivity index (χ1v) is 8.65. The smallest absolute Gasteiger partial charge is 0.251 e. The first kappa shape index (κ1) is 19.6. The summed E-state index contributed by atoms with van der Waals surface area (Å²) in [5.74, 6) is -1.07. The van der Waals surface area contributed by atoms with Crippen molar-refractivity contribution < 1.29 is 14.0 Å². The molecule has 0 saturated carbocycles. The summed E-state index contributed by atoms with van der Waals surface area (Å²) in [5, 5.41) is 5.30. The third-order valence-electron chi connectivity index (χ3n) is 4.07. The molecule has 4 nitrogen and oxygen atoms in total. The molecule has 138 valence electrons. The van der Waals surface area contributed by atoms with Gasteiger partial charge in [0, 0.05) is 12.1 Å². The van der Waals surface area contributed by atoms with Crippen molar-refractivity contribution in [3.05, 3.63) is 71.0 Å². The Hall–Kier alpha value is -2.69. The molecule has 2 rings (SSSR count). The number of rotatable bonds is 6. The average molecular weight is 356 g/mol. The van der Waals surface area contributed by atoms with Gasteiger partial charge in [0.05, 0.1) is 6.54 Å². The maximum absolute atomic E-state index is 12.8. The van der Waals surface area contributed by atoms with Gasteiger partial charge in [-0.2, -0.15) is 0 Å². The Morgan fingerprint density at radius 2 is 1.54 bits per heavy atom. The second-order valence-corrected chi connectivity index (χ2v) is 7.24. The zero-order valence-electron chi connectivity index (χ0n) is 15.4. The lowest BCUT2D eigenvalue weighted by Gasteiger charge is -2.19. The Morgan fingerprint density at radius 1 is 0.923 bits per heavy atom. The van der Waals surface area contributed by atoms with Crippen LogP contribution in [0.15, 0.2) is 48.5 Å². The Kier molecular flexibility index (Phi) is 6.50. The minimum absolute atomic E-state index is 0.112. The van der Waals surface area contributed by atoms with Crippen LogP contribution < -0.4 is 10.6 Å². The van der Waals surface area contributed by atoms with Gasteiger partial charge in [-0.05, 0) is 47.2 Å². The SMILES string of the molecule is CC(C)(C)c1ccc(CCNC(=O)CNC(=O)c2ccc(F)cc2)cc1. The molecule has 0 bridgehead atoms. The van der Waals surface area contributed by atoms with Crippen LogP contribution >= 0.6 is 0 Å². The van der Waals surface area contributed by atoms with Gasteiger partial charge < -0.3 is 10.6 Å². The van der Waals surface area contributed by atoms with Crippen LogP contribution in [0.4, 0.5) is 4.39 Å². The lowest BCUT2D eigenvalue weighted by Crippen LogP contribution is -2.37. The molecule has 0 aliphatic carbocycles. The number of hydrogen-bond donors (Lipinski definition) is 2. The summed E-state index contributed by atoms with van der Waals surface area (Å²) >= 11 is 0. The molecule has 2 aromatic rings. The summed E-state index contributed by atoms with van der Waals surface area (Å²) in [6.45, 7) is 6.90. The Balaban J connectivity index is 1.72. The molecule has 2 amide bonds. The fourth-order valence-corrected chi connectivity index (χ4v) is 2.44. The fourth-order valence-electron chi connectivity index (χ4n) is 2.44. The molecular formula is C21H25FN2O2. The first-order chi connectivity index (χ1) is 12.3. The predicted octanol–water partition coefficient (Wildman–Crippen LogP) is 3.21. The van der Waals surface area contributed by atoms with Crippen LogP contribution in [-0.4, -0.2) is 24.9 Å². The largest absolute Gasteiger partial charge is 0.354 e. The fraction of sp³-hybridized carbons (Fsp3) is 0.333. The van der Waals surface area contributed by atoms with Gasteiger partial charge in [-0.1, -0.05) is 45.0 Å². The van der Waals surface area contributed by atoms with Gasteiger partial charge in [0.15, 0.2) is 0 Å².